The summed E-state index contributed by atoms with van der Waals surface area (Å²) in [5.74, 6) is -0.449. The molecule has 0 saturated carbocycles. The van der Waals surface area contributed by atoms with Crippen LogP contribution in [0.3, 0.4) is 0 Å². The van der Waals surface area contributed by atoms with Gasteiger partial charge in [0.05, 0.1) is 0 Å². The van der Waals surface area contributed by atoms with Crippen molar-refractivity contribution in [1.29, 1.82) is 0 Å². The SMILES string of the molecule is CCC(=O)ON1C(O)CCC1O. The molecule has 1 heterocycles. The van der Waals surface area contributed by atoms with Crippen LogP contribution in [0.1, 0.15) is 26.2 Å². The van der Waals surface area contributed by atoms with Gasteiger partial charge in [-0.3, -0.25) is 4.79 Å². The van der Waals surface area contributed by atoms with Gasteiger partial charge in [0.1, 0.15) is 12.5 Å². The van der Waals surface area contributed by atoms with Gasteiger partial charge in [0.25, 0.3) is 0 Å². The summed E-state index contributed by atoms with van der Waals surface area (Å²) in [6, 6.07) is 0. The monoisotopic (exact) mass is 175 g/mol. The predicted octanol–water partition coefficient (Wildman–Crippen LogP) is -0.413. The minimum Gasteiger partial charge on any atom is -0.375 e. The van der Waals surface area contributed by atoms with Crippen molar-refractivity contribution in [3.63, 3.8) is 0 Å². The highest BCUT2D eigenvalue weighted by Crippen LogP contribution is 2.20. The Bertz CT molecular complexity index is 163. The van der Waals surface area contributed by atoms with E-state index in [1.54, 1.807) is 6.92 Å². The first-order valence-corrected chi connectivity index (χ1v) is 4.00. The fraction of sp³-hybridized carbons (Fsp3) is 0.857. The molecule has 1 aliphatic heterocycles. The van der Waals surface area contributed by atoms with Gasteiger partial charge in [-0.05, 0) is 12.8 Å². The summed E-state index contributed by atoms with van der Waals surface area (Å²) >= 11 is 0. The van der Waals surface area contributed by atoms with Crippen molar-refractivity contribution in [1.82, 2.24) is 5.06 Å². The van der Waals surface area contributed by atoms with Crippen LogP contribution >= 0.6 is 0 Å². The van der Waals surface area contributed by atoms with Gasteiger partial charge >= 0.3 is 5.97 Å². The van der Waals surface area contributed by atoms with Crippen LogP contribution in [0.4, 0.5) is 0 Å². The predicted molar refractivity (Wildman–Crippen MR) is 39.5 cm³/mol. The van der Waals surface area contributed by atoms with Gasteiger partial charge in [-0.25, -0.2) is 0 Å². The molecule has 5 heteroatoms. The van der Waals surface area contributed by atoms with Crippen LogP contribution < -0.4 is 0 Å². The van der Waals surface area contributed by atoms with E-state index < -0.39 is 18.4 Å². The number of carbonyl (C=O) groups excluding carboxylic acids is 1. The van der Waals surface area contributed by atoms with E-state index in [4.69, 9.17) is 0 Å². The zero-order valence-electron chi connectivity index (χ0n) is 6.93. The van der Waals surface area contributed by atoms with E-state index in [9.17, 15) is 15.0 Å². The summed E-state index contributed by atoms with van der Waals surface area (Å²) < 4.78 is 0. The molecule has 1 fully saturated rings. The second-order valence-electron chi connectivity index (χ2n) is 2.72. The van der Waals surface area contributed by atoms with E-state index in [1.807, 2.05) is 0 Å². The standard InChI is InChI=1S/C7H13NO4/c1-2-7(11)12-8-5(9)3-4-6(8)10/h5-6,9-10H,2-4H2,1H3. The van der Waals surface area contributed by atoms with E-state index >= 15 is 0 Å². The summed E-state index contributed by atoms with van der Waals surface area (Å²) in [6.07, 6.45) is -0.641. The van der Waals surface area contributed by atoms with Crippen LogP contribution in [-0.2, 0) is 9.63 Å². The van der Waals surface area contributed by atoms with Crippen molar-refractivity contribution in [3.05, 3.63) is 0 Å². The van der Waals surface area contributed by atoms with E-state index in [0.29, 0.717) is 12.8 Å². The molecule has 0 aromatic rings. The quantitative estimate of drug-likeness (QED) is 0.597. The van der Waals surface area contributed by atoms with Crippen molar-refractivity contribution in [2.45, 2.75) is 38.6 Å². The first-order chi connectivity index (χ1) is 5.65. The molecule has 2 N–H and O–H groups in total. The van der Waals surface area contributed by atoms with Crippen LogP contribution in [-0.4, -0.2) is 33.7 Å². The van der Waals surface area contributed by atoms with Crippen LogP contribution in [0.15, 0.2) is 0 Å². The summed E-state index contributed by atoms with van der Waals surface area (Å²) in [5, 5.41) is 19.3. The lowest BCUT2D eigenvalue weighted by molar-refractivity contribution is -0.261. The van der Waals surface area contributed by atoms with E-state index in [-0.39, 0.29) is 6.42 Å². The molecule has 0 amide bonds. The smallest absolute Gasteiger partial charge is 0.325 e. The molecule has 0 bridgehead atoms. The second-order valence-corrected chi connectivity index (χ2v) is 2.72. The Morgan fingerprint density at radius 2 is 2.00 bits per heavy atom. The summed E-state index contributed by atoms with van der Waals surface area (Å²) in [5.41, 5.74) is 0. The van der Waals surface area contributed by atoms with Crippen molar-refractivity contribution in [2.75, 3.05) is 0 Å². The number of hydrogen-bond acceptors (Lipinski definition) is 5. The number of aliphatic hydroxyl groups excluding tert-OH is 2. The Labute approximate surface area is 70.5 Å². The number of nitrogens with zero attached hydrogens (tertiary/aromatic N) is 1. The fourth-order valence-corrected chi connectivity index (χ4v) is 1.06. The molecule has 0 spiro atoms. The van der Waals surface area contributed by atoms with Crippen LogP contribution in [0.2, 0.25) is 0 Å². The van der Waals surface area contributed by atoms with Gasteiger partial charge in [-0.2, -0.15) is 0 Å². The fourth-order valence-electron chi connectivity index (χ4n) is 1.06. The minimum absolute atomic E-state index is 0.232. The Hall–Kier alpha value is -0.650. The van der Waals surface area contributed by atoms with Gasteiger partial charge in [-0.15, -0.1) is 0 Å². The van der Waals surface area contributed by atoms with E-state index in [1.165, 1.54) is 0 Å². The van der Waals surface area contributed by atoms with Crippen LogP contribution in [0.25, 0.3) is 0 Å². The van der Waals surface area contributed by atoms with E-state index in [2.05, 4.69) is 4.84 Å². The molecule has 0 aromatic heterocycles. The Kier molecular flexibility index (Phi) is 3.02. The Morgan fingerprint density at radius 1 is 1.50 bits per heavy atom. The molecular weight excluding hydrogens is 162 g/mol. The molecule has 12 heavy (non-hydrogen) atoms. The lowest BCUT2D eigenvalue weighted by atomic mass is 10.3. The molecule has 1 saturated heterocycles. The maximum Gasteiger partial charge on any atom is 0.325 e. The highest BCUT2D eigenvalue weighted by molar-refractivity contribution is 5.68. The lowest BCUT2D eigenvalue weighted by Gasteiger charge is -2.21. The third kappa shape index (κ3) is 1.94. The highest BCUT2D eigenvalue weighted by Gasteiger charge is 2.33. The zero-order valence-corrected chi connectivity index (χ0v) is 6.93. The number of hydroxylamine groups is 2. The number of hydrogen-bond donors (Lipinski definition) is 2. The highest BCUT2D eigenvalue weighted by atomic mass is 16.7. The van der Waals surface area contributed by atoms with Crippen molar-refractivity contribution >= 4 is 5.97 Å². The lowest BCUT2D eigenvalue weighted by Crippen LogP contribution is -2.37. The van der Waals surface area contributed by atoms with Gasteiger partial charge < -0.3 is 15.1 Å². The molecule has 0 radical (unpaired) electrons. The number of carbonyl (C=O) groups is 1. The van der Waals surface area contributed by atoms with Crippen LogP contribution in [0, 0.1) is 0 Å². The first kappa shape index (κ1) is 9.44. The molecule has 2 atom stereocenters. The third-order valence-electron chi connectivity index (χ3n) is 1.77. The average Bonchev–Trinajstić information content (AvgIpc) is 2.35. The number of rotatable bonds is 2. The number of aliphatic hydroxyl groups is 2. The summed E-state index contributed by atoms with van der Waals surface area (Å²) in [6.45, 7) is 1.65. The normalized spacial score (nSPS) is 30.6. The summed E-state index contributed by atoms with van der Waals surface area (Å²) in [4.78, 5) is 15.5. The molecule has 0 aliphatic carbocycles. The van der Waals surface area contributed by atoms with Crippen molar-refractivity contribution < 1.29 is 19.8 Å². The van der Waals surface area contributed by atoms with Gasteiger partial charge in [0.15, 0.2) is 0 Å². The maximum absolute atomic E-state index is 10.8. The topological polar surface area (TPSA) is 70.0 Å². The van der Waals surface area contributed by atoms with Gasteiger partial charge in [-0.1, -0.05) is 12.0 Å². The Balaban J connectivity index is 2.44. The second kappa shape index (κ2) is 3.84. The molecular formula is C7H13NO4. The molecule has 70 valence electrons. The summed E-state index contributed by atoms with van der Waals surface area (Å²) in [7, 11) is 0. The largest absolute Gasteiger partial charge is 0.375 e. The molecule has 2 unspecified atom stereocenters. The minimum atomic E-state index is -0.865. The Morgan fingerprint density at radius 3 is 2.42 bits per heavy atom. The molecule has 1 aliphatic rings. The first-order valence-electron chi connectivity index (χ1n) is 4.00. The molecule has 0 aromatic carbocycles. The third-order valence-corrected chi connectivity index (χ3v) is 1.77. The van der Waals surface area contributed by atoms with E-state index in [0.717, 1.165) is 5.06 Å². The molecule has 5 nitrogen and oxygen atoms in total. The van der Waals surface area contributed by atoms with Crippen molar-refractivity contribution in [3.8, 4) is 0 Å². The van der Waals surface area contributed by atoms with Crippen LogP contribution in [0.5, 0.6) is 0 Å². The van der Waals surface area contributed by atoms with Gasteiger partial charge in [0.2, 0.25) is 0 Å². The average molecular weight is 175 g/mol. The maximum atomic E-state index is 10.8. The zero-order chi connectivity index (χ0) is 9.14. The van der Waals surface area contributed by atoms with Crippen molar-refractivity contribution in [2.24, 2.45) is 0 Å². The van der Waals surface area contributed by atoms with Gasteiger partial charge in [0, 0.05) is 6.42 Å². The molecule has 1 rings (SSSR count).